The van der Waals surface area contributed by atoms with Crippen LogP contribution in [-0.4, -0.2) is 43.3 Å². The molecule has 2 aromatic heterocycles. The van der Waals surface area contributed by atoms with E-state index in [1.165, 1.54) is 0 Å². The Labute approximate surface area is 156 Å². The molecule has 1 spiro atoms. The zero-order valence-corrected chi connectivity index (χ0v) is 15.2. The zero-order chi connectivity index (χ0) is 18.4. The maximum absolute atomic E-state index is 12.4. The summed E-state index contributed by atoms with van der Waals surface area (Å²) in [5.74, 6) is 1.43. The summed E-state index contributed by atoms with van der Waals surface area (Å²) in [6, 6.07) is 9.92. The van der Waals surface area contributed by atoms with Gasteiger partial charge in [-0.25, -0.2) is 4.98 Å². The van der Waals surface area contributed by atoms with E-state index in [0.29, 0.717) is 5.82 Å². The molecule has 1 atom stereocenters. The summed E-state index contributed by atoms with van der Waals surface area (Å²) in [5.41, 5.74) is 2.69. The molecule has 1 unspecified atom stereocenters. The van der Waals surface area contributed by atoms with Crippen molar-refractivity contribution in [2.75, 3.05) is 18.0 Å². The minimum absolute atomic E-state index is 0.0145. The molecule has 1 aliphatic carbocycles. The highest BCUT2D eigenvalue weighted by Gasteiger charge is 2.45. The molecule has 3 heterocycles. The lowest BCUT2D eigenvalue weighted by atomic mass is 9.77. The van der Waals surface area contributed by atoms with Crippen LogP contribution in [-0.2, 0) is 11.8 Å². The van der Waals surface area contributed by atoms with Gasteiger partial charge in [-0.2, -0.15) is 4.68 Å². The van der Waals surface area contributed by atoms with Crippen LogP contribution >= 0.6 is 0 Å². The molecule has 1 aromatic carbocycles. The first-order valence-electron chi connectivity index (χ1n) is 9.35. The van der Waals surface area contributed by atoms with Crippen molar-refractivity contribution in [2.45, 2.75) is 38.0 Å². The Morgan fingerprint density at radius 2 is 2.04 bits per heavy atom. The Bertz CT molecular complexity index is 1040. The van der Waals surface area contributed by atoms with Gasteiger partial charge < -0.3 is 9.88 Å². The van der Waals surface area contributed by atoms with E-state index < -0.39 is 0 Å². The third-order valence-electron chi connectivity index (χ3n) is 5.80. The highest BCUT2D eigenvalue weighted by Crippen LogP contribution is 2.43. The molecular formula is C19H21N7O. The van der Waals surface area contributed by atoms with Crippen molar-refractivity contribution in [1.82, 2.24) is 30.2 Å². The smallest absolute Gasteiger partial charge is 0.254 e. The summed E-state index contributed by atoms with van der Waals surface area (Å²) in [6.07, 6.45) is 3.80. The average molecular weight is 363 g/mol. The van der Waals surface area contributed by atoms with Crippen LogP contribution in [0.25, 0.3) is 5.69 Å². The summed E-state index contributed by atoms with van der Waals surface area (Å²) in [4.78, 5) is 22.2. The molecule has 2 aliphatic rings. The molecule has 8 nitrogen and oxygen atoms in total. The van der Waals surface area contributed by atoms with E-state index in [1.54, 1.807) is 4.68 Å². The molecule has 27 heavy (non-hydrogen) atoms. The lowest BCUT2D eigenvalue weighted by Crippen LogP contribution is -2.46. The maximum Gasteiger partial charge on any atom is 0.254 e. The number of aromatic amines is 1. The fraction of sp³-hybridized carbons (Fsp3) is 0.421. The molecule has 0 saturated carbocycles. The normalized spacial score (nSPS) is 21.6. The maximum atomic E-state index is 12.4. The Morgan fingerprint density at radius 1 is 1.19 bits per heavy atom. The molecular weight excluding hydrogens is 342 g/mol. The van der Waals surface area contributed by atoms with Gasteiger partial charge in [0.15, 0.2) is 0 Å². The summed E-state index contributed by atoms with van der Waals surface area (Å²) in [6.45, 7) is 3.53. The fourth-order valence-electron chi connectivity index (χ4n) is 4.58. The van der Waals surface area contributed by atoms with Gasteiger partial charge in [-0.05, 0) is 55.2 Å². The number of aryl methyl sites for hydroxylation is 1. The van der Waals surface area contributed by atoms with Crippen LogP contribution in [0.2, 0.25) is 0 Å². The molecule has 1 fully saturated rings. The van der Waals surface area contributed by atoms with E-state index in [-0.39, 0.29) is 11.0 Å². The van der Waals surface area contributed by atoms with Gasteiger partial charge >= 0.3 is 0 Å². The number of para-hydroxylation sites is 1. The quantitative estimate of drug-likeness (QED) is 0.742. The number of hydrogen-bond donors (Lipinski definition) is 1. The predicted molar refractivity (Wildman–Crippen MR) is 100 cm³/mol. The number of rotatable bonds is 2. The molecule has 5 rings (SSSR count). The van der Waals surface area contributed by atoms with Gasteiger partial charge in [0.1, 0.15) is 5.82 Å². The monoisotopic (exact) mass is 363 g/mol. The first-order valence-corrected chi connectivity index (χ1v) is 9.35. The number of anilines is 1. The van der Waals surface area contributed by atoms with Gasteiger partial charge in [0.25, 0.3) is 5.56 Å². The van der Waals surface area contributed by atoms with E-state index in [4.69, 9.17) is 4.98 Å². The number of hydrogen-bond acceptors (Lipinski definition) is 6. The minimum atomic E-state index is -0.0972. The predicted octanol–water partition coefficient (Wildman–Crippen LogP) is 1.54. The van der Waals surface area contributed by atoms with E-state index in [9.17, 15) is 4.79 Å². The molecule has 138 valence electrons. The lowest BCUT2D eigenvalue weighted by molar-refractivity contribution is 0.330. The molecule has 0 amide bonds. The van der Waals surface area contributed by atoms with Crippen molar-refractivity contribution in [3.05, 3.63) is 57.8 Å². The summed E-state index contributed by atoms with van der Waals surface area (Å²) in [7, 11) is 0. The Balaban J connectivity index is 1.53. The van der Waals surface area contributed by atoms with Gasteiger partial charge in [-0.3, -0.25) is 4.79 Å². The van der Waals surface area contributed by atoms with Crippen molar-refractivity contribution >= 4 is 5.95 Å². The second-order valence-electron chi connectivity index (χ2n) is 7.51. The highest BCUT2D eigenvalue weighted by atomic mass is 16.1. The van der Waals surface area contributed by atoms with Crippen LogP contribution in [0.1, 0.15) is 36.3 Å². The third kappa shape index (κ3) is 2.55. The number of tetrazole rings is 1. The van der Waals surface area contributed by atoms with Crippen LogP contribution in [0.5, 0.6) is 0 Å². The number of H-pyrrole nitrogens is 1. The molecule has 8 heteroatoms. The summed E-state index contributed by atoms with van der Waals surface area (Å²) < 4.78 is 1.78. The second-order valence-corrected chi connectivity index (χ2v) is 7.51. The van der Waals surface area contributed by atoms with Crippen LogP contribution < -0.4 is 10.5 Å². The number of fused-ring (bicyclic) bond motifs is 2. The topological polar surface area (TPSA) is 92.6 Å². The number of aromatic nitrogens is 6. The number of piperidine rings is 1. The minimum Gasteiger partial charge on any atom is -0.338 e. The molecule has 1 aliphatic heterocycles. The van der Waals surface area contributed by atoms with Gasteiger partial charge in [0.2, 0.25) is 5.95 Å². The molecule has 3 aromatic rings. The standard InChI is InChI=1S/C19H21N7O/c1-13-20-16-15(17(27)21-13)8-10-19(16)9-5-11-25(12-19)18-22-23-24-26(18)14-6-3-2-4-7-14/h2-4,6-7H,5,8-12H2,1H3,(H,20,21,27). The number of benzene rings is 1. The molecule has 0 radical (unpaired) electrons. The van der Waals surface area contributed by atoms with Crippen LogP contribution in [0.3, 0.4) is 0 Å². The van der Waals surface area contributed by atoms with Crippen molar-refractivity contribution in [3.63, 3.8) is 0 Å². The first-order chi connectivity index (χ1) is 13.2. The van der Waals surface area contributed by atoms with Crippen molar-refractivity contribution in [1.29, 1.82) is 0 Å². The van der Waals surface area contributed by atoms with E-state index in [0.717, 1.165) is 61.7 Å². The van der Waals surface area contributed by atoms with E-state index >= 15 is 0 Å². The number of nitrogens with one attached hydrogen (secondary N) is 1. The lowest BCUT2D eigenvalue weighted by Gasteiger charge is -2.40. The van der Waals surface area contributed by atoms with E-state index in [2.05, 4.69) is 25.4 Å². The second kappa shape index (κ2) is 6.00. The average Bonchev–Trinajstić information content (AvgIpc) is 3.29. The van der Waals surface area contributed by atoms with Crippen LogP contribution in [0.4, 0.5) is 5.95 Å². The zero-order valence-electron chi connectivity index (χ0n) is 15.2. The van der Waals surface area contributed by atoms with Gasteiger partial charge in [-0.15, -0.1) is 0 Å². The summed E-state index contributed by atoms with van der Waals surface area (Å²) in [5, 5.41) is 12.4. The van der Waals surface area contributed by atoms with Crippen LogP contribution in [0.15, 0.2) is 35.1 Å². The van der Waals surface area contributed by atoms with Gasteiger partial charge in [0.05, 0.1) is 11.4 Å². The van der Waals surface area contributed by atoms with E-state index in [1.807, 2.05) is 37.3 Å². The molecule has 0 bridgehead atoms. The van der Waals surface area contributed by atoms with Gasteiger partial charge in [0, 0.05) is 24.1 Å². The van der Waals surface area contributed by atoms with Crippen molar-refractivity contribution < 1.29 is 0 Å². The van der Waals surface area contributed by atoms with Crippen molar-refractivity contribution in [3.8, 4) is 5.69 Å². The first kappa shape index (κ1) is 16.2. The van der Waals surface area contributed by atoms with Crippen LogP contribution in [0, 0.1) is 6.92 Å². The summed E-state index contributed by atoms with van der Waals surface area (Å²) >= 11 is 0. The molecule has 1 saturated heterocycles. The highest BCUT2D eigenvalue weighted by molar-refractivity contribution is 5.44. The Kier molecular flexibility index (Phi) is 3.60. The Hall–Kier alpha value is -3.03. The fourth-order valence-corrected chi connectivity index (χ4v) is 4.58. The largest absolute Gasteiger partial charge is 0.338 e. The Morgan fingerprint density at radius 3 is 2.89 bits per heavy atom. The number of nitrogens with zero attached hydrogens (tertiary/aromatic N) is 6. The SMILES string of the molecule is Cc1nc2c(c(=O)[nH]1)CCC21CCCN(c2nnnn2-c2ccccc2)C1. The van der Waals surface area contributed by atoms with Gasteiger partial charge in [-0.1, -0.05) is 23.3 Å². The van der Waals surface area contributed by atoms with Crippen molar-refractivity contribution in [2.24, 2.45) is 0 Å². The third-order valence-corrected chi connectivity index (χ3v) is 5.80. The molecule has 1 N–H and O–H groups in total.